The highest BCUT2D eigenvalue weighted by Gasteiger charge is 2.33. The number of hydrogen-bond acceptors (Lipinski definition) is 6. The highest BCUT2D eigenvalue weighted by Crippen LogP contribution is 2.26. The molecule has 2 N–H and O–H groups in total. The van der Waals surface area contributed by atoms with Gasteiger partial charge in [0.1, 0.15) is 17.9 Å². The Morgan fingerprint density at radius 2 is 1.82 bits per heavy atom. The number of nitriles is 1. The van der Waals surface area contributed by atoms with Gasteiger partial charge in [-0.05, 0) is 29.5 Å². The molecular weight excluding hydrogens is 440 g/mol. The molecule has 0 saturated heterocycles. The lowest BCUT2D eigenvalue weighted by atomic mass is 9.88. The summed E-state index contributed by atoms with van der Waals surface area (Å²) in [6, 6.07) is 16.3. The number of aliphatic imine (C=N–C) groups is 1. The number of amides is 1. The Morgan fingerprint density at radius 3 is 2.48 bits per heavy atom. The minimum atomic E-state index is -3.72. The molecule has 174 valence electrons. The second kappa shape index (κ2) is 10.1. The van der Waals surface area contributed by atoms with Crippen molar-refractivity contribution in [2.45, 2.75) is 50.8 Å². The van der Waals surface area contributed by atoms with Gasteiger partial charge in [0, 0.05) is 5.56 Å². The van der Waals surface area contributed by atoms with Gasteiger partial charge in [0.05, 0.1) is 24.2 Å². The predicted molar refractivity (Wildman–Crippen MR) is 125 cm³/mol. The van der Waals surface area contributed by atoms with Crippen LogP contribution < -0.4 is 10.0 Å². The van der Waals surface area contributed by atoms with E-state index in [2.05, 4.69) is 15.0 Å². The van der Waals surface area contributed by atoms with Crippen molar-refractivity contribution >= 4 is 21.8 Å². The quantitative estimate of drug-likeness (QED) is 0.617. The second-order valence-electron chi connectivity index (χ2n) is 9.05. The Balaban J connectivity index is 1.74. The molecule has 2 aromatic rings. The van der Waals surface area contributed by atoms with Gasteiger partial charge in [-0.25, -0.2) is 8.42 Å². The molecule has 33 heavy (non-hydrogen) atoms. The van der Waals surface area contributed by atoms with Crippen LogP contribution in [0.2, 0.25) is 0 Å². The maximum absolute atomic E-state index is 13.1. The van der Waals surface area contributed by atoms with Crippen LogP contribution in [0.25, 0.3) is 0 Å². The van der Waals surface area contributed by atoms with Gasteiger partial charge in [-0.3, -0.25) is 14.5 Å². The van der Waals surface area contributed by atoms with E-state index in [0.29, 0.717) is 18.6 Å². The lowest BCUT2D eigenvalue weighted by Crippen LogP contribution is -2.44. The molecule has 1 aliphatic heterocycles. The lowest BCUT2D eigenvalue weighted by Gasteiger charge is -2.24. The van der Waals surface area contributed by atoms with Gasteiger partial charge in [-0.15, -0.1) is 0 Å². The van der Waals surface area contributed by atoms with Crippen molar-refractivity contribution < 1.29 is 17.9 Å². The molecule has 3 rings (SSSR count). The average Bonchev–Trinajstić information content (AvgIpc) is 3.02. The van der Waals surface area contributed by atoms with Crippen molar-refractivity contribution in [2.24, 2.45) is 10.4 Å². The van der Waals surface area contributed by atoms with Crippen molar-refractivity contribution in [2.75, 3.05) is 6.61 Å². The first-order valence-corrected chi connectivity index (χ1v) is 12.1. The zero-order valence-corrected chi connectivity index (χ0v) is 19.7. The fraction of sp³-hybridized carbons (Fsp3) is 0.375. The molecule has 2 unspecified atom stereocenters. The monoisotopic (exact) mass is 468 g/mol. The summed E-state index contributed by atoms with van der Waals surface area (Å²) in [5.41, 5.74) is 1.12. The van der Waals surface area contributed by atoms with E-state index < -0.39 is 28.0 Å². The fourth-order valence-corrected chi connectivity index (χ4v) is 4.65. The van der Waals surface area contributed by atoms with E-state index in [1.165, 1.54) is 6.07 Å². The molecule has 0 spiro atoms. The molecule has 0 aromatic heterocycles. The number of nitrogens with one attached hydrogen (secondary N) is 2. The molecule has 8 nitrogen and oxygen atoms in total. The van der Waals surface area contributed by atoms with Gasteiger partial charge in [0.15, 0.2) is 0 Å². The van der Waals surface area contributed by atoms with Crippen molar-refractivity contribution in [3.63, 3.8) is 0 Å². The molecule has 0 aliphatic carbocycles. The van der Waals surface area contributed by atoms with Crippen LogP contribution in [0.1, 0.15) is 38.3 Å². The summed E-state index contributed by atoms with van der Waals surface area (Å²) in [5, 5.41) is 12.2. The number of carbonyl (C=O) groups is 1. The van der Waals surface area contributed by atoms with E-state index in [0.717, 1.165) is 5.56 Å². The molecule has 1 aliphatic rings. The molecular formula is C24H28N4O4S. The van der Waals surface area contributed by atoms with Crippen LogP contribution in [0.4, 0.5) is 0 Å². The number of fused-ring (bicyclic) bond motifs is 1. The van der Waals surface area contributed by atoms with Crippen LogP contribution in [0, 0.1) is 16.7 Å². The summed E-state index contributed by atoms with van der Waals surface area (Å²) in [5.74, 6) is -0.334. The molecule has 0 bridgehead atoms. The van der Waals surface area contributed by atoms with Crippen LogP contribution in [0.5, 0.6) is 0 Å². The van der Waals surface area contributed by atoms with Crippen molar-refractivity contribution in [1.82, 2.24) is 10.0 Å². The Labute approximate surface area is 194 Å². The van der Waals surface area contributed by atoms with E-state index in [4.69, 9.17) is 4.74 Å². The third kappa shape index (κ3) is 6.63. The molecule has 0 saturated carbocycles. The number of nitrogens with zero attached hydrogens (tertiary/aromatic N) is 2. The molecule has 0 fully saturated rings. The highest BCUT2D eigenvalue weighted by molar-refractivity contribution is 7.90. The number of ether oxygens (including phenoxy) is 1. The first-order valence-electron chi connectivity index (χ1n) is 10.6. The van der Waals surface area contributed by atoms with E-state index in [9.17, 15) is 18.5 Å². The molecule has 2 aromatic carbocycles. The SMILES string of the molecule is CC(C)(C)CC(N=C1NS(=O)(=O)c2ccccc21)C(=O)NC(C#N)COCc1ccccc1. The number of amidine groups is 1. The molecule has 1 heterocycles. The fourth-order valence-electron chi connectivity index (χ4n) is 3.41. The van der Waals surface area contributed by atoms with E-state index >= 15 is 0 Å². The minimum Gasteiger partial charge on any atom is -0.374 e. The second-order valence-corrected chi connectivity index (χ2v) is 10.7. The first kappa shape index (κ1) is 24.4. The summed E-state index contributed by atoms with van der Waals surface area (Å²) in [6.07, 6.45) is 0.356. The zero-order chi connectivity index (χ0) is 24.1. The predicted octanol–water partition coefficient (Wildman–Crippen LogP) is 2.76. The highest BCUT2D eigenvalue weighted by atomic mass is 32.2. The summed E-state index contributed by atoms with van der Waals surface area (Å²) in [6.45, 7) is 6.23. The standard InChI is InChI=1S/C24H28N4O4S/c1-24(2,3)13-20(27-22-19-11-7-8-12-21(19)33(30,31)28-22)23(29)26-18(14-25)16-32-15-17-9-5-4-6-10-17/h4-12,18,20H,13,15-16H2,1-3H3,(H,26,29)(H,27,28). The lowest BCUT2D eigenvalue weighted by molar-refractivity contribution is -0.123. The number of rotatable bonds is 8. The first-order chi connectivity index (χ1) is 15.6. The Hall–Kier alpha value is -3.22. The van der Waals surface area contributed by atoms with Crippen LogP contribution in [-0.4, -0.2) is 38.9 Å². The number of sulfonamides is 1. The Kier molecular flexibility index (Phi) is 7.51. The Morgan fingerprint density at radius 1 is 1.15 bits per heavy atom. The largest absolute Gasteiger partial charge is 0.374 e. The van der Waals surface area contributed by atoms with Gasteiger partial charge in [-0.1, -0.05) is 63.2 Å². The molecule has 9 heteroatoms. The van der Waals surface area contributed by atoms with Crippen LogP contribution in [0.15, 0.2) is 64.5 Å². The molecule has 0 radical (unpaired) electrons. The average molecular weight is 469 g/mol. The number of hydrogen-bond donors (Lipinski definition) is 2. The van der Waals surface area contributed by atoms with Gasteiger partial charge < -0.3 is 10.1 Å². The van der Waals surface area contributed by atoms with Gasteiger partial charge in [-0.2, -0.15) is 5.26 Å². The van der Waals surface area contributed by atoms with E-state index in [1.807, 2.05) is 57.2 Å². The molecule has 2 atom stereocenters. The van der Waals surface area contributed by atoms with Gasteiger partial charge in [0.25, 0.3) is 10.0 Å². The van der Waals surface area contributed by atoms with Gasteiger partial charge in [0.2, 0.25) is 5.91 Å². The van der Waals surface area contributed by atoms with Crippen LogP contribution in [0.3, 0.4) is 0 Å². The minimum absolute atomic E-state index is 0.0193. The zero-order valence-electron chi connectivity index (χ0n) is 18.9. The van der Waals surface area contributed by atoms with Crippen LogP contribution in [-0.2, 0) is 26.2 Å². The number of carbonyl (C=O) groups excluding carboxylic acids is 1. The van der Waals surface area contributed by atoms with Crippen molar-refractivity contribution in [3.8, 4) is 6.07 Å². The summed E-state index contributed by atoms with van der Waals surface area (Å²) < 4.78 is 32.9. The smallest absolute Gasteiger partial charge is 0.263 e. The topological polar surface area (TPSA) is 121 Å². The van der Waals surface area contributed by atoms with E-state index in [-0.39, 0.29) is 22.8 Å². The van der Waals surface area contributed by atoms with Gasteiger partial charge >= 0.3 is 0 Å². The van der Waals surface area contributed by atoms with Crippen LogP contribution >= 0.6 is 0 Å². The molecule has 1 amide bonds. The summed E-state index contributed by atoms with van der Waals surface area (Å²) in [4.78, 5) is 17.7. The van der Waals surface area contributed by atoms with Crippen molar-refractivity contribution in [3.05, 3.63) is 65.7 Å². The normalized spacial score (nSPS) is 17.5. The summed E-state index contributed by atoms with van der Waals surface area (Å²) >= 11 is 0. The third-order valence-corrected chi connectivity index (χ3v) is 6.32. The van der Waals surface area contributed by atoms with E-state index in [1.54, 1.807) is 18.2 Å². The van der Waals surface area contributed by atoms with Crippen molar-refractivity contribution in [1.29, 1.82) is 5.26 Å². The maximum atomic E-state index is 13.1. The maximum Gasteiger partial charge on any atom is 0.263 e. The Bertz CT molecular complexity index is 1160. The number of benzene rings is 2. The summed E-state index contributed by atoms with van der Waals surface area (Å²) in [7, 11) is -3.72. The third-order valence-electron chi connectivity index (χ3n) is 4.92.